The summed E-state index contributed by atoms with van der Waals surface area (Å²) in [6.07, 6.45) is 4.79. The first-order valence-electron chi connectivity index (χ1n) is 7.00. The van der Waals surface area contributed by atoms with Gasteiger partial charge < -0.3 is 15.5 Å². The Morgan fingerprint density at radius 3 is 2.82 bits per heavy atom. The first kappa shape index (κ1) is 16.1. The monoisotopic (exact) mass is 304 g/mol. The summed E-state index contributed by atoms with van der Waals surface area (Å²) < 4.78 is -1.47. The zero-order valence-corrected chi connectivity index (χ0v) is 13.0. The van der Waals surface area contributed by atoms with E-state index in [0.717, 1.165) is 12.6 Å². The van der Waals surface area contributed by atoms with Crippen LogP contribution in [-0.4, -0.2) is 39.5 Å². The third kappa shape index (κ3) is 2.60. The number of aromatic amines is 1. The summed E-state index contributed by atoms with van der Waals surface area (Å²) in [5.41, 5.74) is 1.05. The number of hydroxylamine groups is 3. The standard InChI is InChI=1S/C15H20N4O3/c1-5-15(3,4)13-11(17-9-18-13)8-12-14(21)19(22,10(2)20)7-6-16-12/h5,8-9,16H,1,6-7H2,2-4H3,(H,17,18). The molecule has 2 heterocycles. The van der Waals surface area contributed by atoms with Crippen LogP contribution in [0.1, 0.15) is 32.2 Å². The first-order valence-corrected chi connectivity index (χ1v) is 7.00. The summed E-state index contributed by atoms with van der Waals surface area (Å²) in [5, 5.41) is 15.2. The highest BCUT2D eigenvalue weighted by Gasteiger charge is 2.39. The second-order valence-corrected chi connectivity index (χ2v) is 5.86. The fourth-order valence-corrected chi connectivity index (χ4v) is 2.30. The first-order chi connectivity index (χ1) is 10.2. The average molecular weight is 304 g/mol. The molecule has 2 rings (SSSR count). The van der Waals surface area contributed by atoms with Crippen LogP contribution in [0.4, 0.5) is 0 Å². The highest BCUT2D eigenvalue weighted by Crippen LogP contribution is 2.27. The molecule has 1 aromatic rings. The van der Waals surface area contributed by atoms with Crippen molar-refractivity contribution >= 4 is 17.9 Å². The van der Waals surface area contributed by atoms with Gasteiger partial charge in [-0.25, -0.2) is 19.2 Å². The minimum absolute atomic E-state index is 0.100. The van der Waals surface area contributed by atoms with Gasteiger partial charge in [-0.15, -0.1) is 6.58 Å². The molecule has 0 radical (unpaired) electrons. The molecule has 0 bridgehead atoms. The van der Waals surface area contributed by atoms with Crippen LogP contribution in [0.25, 0.3) is 6.08 Å². The largest absolute Gasteiger partial charge is 0.617 e. The number of H-pyrrole nitrogens is 1. The van der Waals surface area contributed by atoms with Gasteiger partial charge in [0.2, 0.25) is 0 Å². The topological polar surface area (TPSA) is 97.9 Å². The van der Waals surface area contributed by atoms with E-state index in [9.17, 15) is 14.8 Å². The number of imide groups is 1. The quantitative estimate of drug-likeness (QED) is 0.378. The number of carbonyl (C=O) groups excluding carboxylic acids is 2. The zero-order valence-electron chi connectivity index (χ0n) is 13.0. The molecule has 7 nitrogen and oxygen atoms in total. The number of nitrogens with one attached hydrogen (secondary N) is 2. The van der Waals surface area contributed by atoms with Crippen molar-refractivity contribution in [1.82, 2.24) is 15.3 Å². The third-order valence-electron chi connectivity index (χ3n) is 3.91. The van der Waals surface area contributed by atoms with Gasteiger partial charge >= 0.3 is 11.8 Å². The van der Waals surface area contributed by atoms with Crippen molar-refractivity contribution < 1.29 is 14.2 Å². The number of amides is 2. The fourth-order valence-electron chi connectivity index (χ4n) is 2.30. The Morgan fingerprint density at radius 2 is 2.23 bits per heavy atom. The SMILES string of the molecule is C=CC(C)(C)c1[nH]cnc1C=C1NCC[N+]([O-])(C(C)=O)C1=O. The Labute approximate surface area is 128 Å². The molecule has 1 saturated heterocycles. The summed E-state index contributed by atoms with van der Waals surface area (Å²) in [6, 6.07) is 0. The van der Waals surface area contributed by atoms with Crippen molar-refractivity contribution in [2.75, 3.05) is 13.1 Å². The average Bonchev–Trinajstić information content (AvgIpc) is 2.93. The number of carbonyl (C=O) groups is 2. The molecule has 1 unspecified atom stereocenters. The van der Waals surface area contributed by atoms with Crippen LogP contribution in [0.5, 0.6) is 0 Å². The predicted octanol–water partition coefficient (Wildman–Crippen LogP) is 1.21. The van der Waals surface area contributed by atoms with Crippen molar-refractivity contribution in [3.05, 3.63) is 41.3 Å². The van der Waals surface area contributed by atoms with Gasteiger partial charge in [0.05, 0.1) is 31.2 Å². The van der Waals surface area contributed by atoms with E-state index in [1.54, 1.807) is 6.08 Å². The molecule has 1 aromatic heterocycles. The van der Waals surface area contributed by atoms with Crippen LogP contribution in [0.3, 0.4) is 0 Å². The molecule has 7 heteroatoms. The summed E-state index contributed by atoms with van der Waals surface area (Å²) in [7, 11) is 0. The molecule has 0 aliphatic carbocycles. The van der Waals surface area contributed by atoms with E-state index in [4.69, 9.17) is 0 Å². The third-order valence-corrected chi connectivity index (χ3v) is 3.91. The van der Waals surface area contributed by atoms with Crippen LogP contribution in [0.15, 0.2) is 24.7 Å². The summed E-state index contributed by atoms with van der Waals surface area (Å²) in [5.74, 6) is -1.50. The molecule has 0 aromatic carbocycles. The number of nitrogens with zero attached hydrogens (tertiary/aromatic N) is 2. The van der Waals surface area contributed by atoms with Gasteiger partial charge in [0, 0.05) is 5.41 Å². The molecule has 1 aliphatic rings. The van der Waals surface area contributed by atoms with Gasteiger partial charge in [-0.1, -0.05) is 19.9 Å². The van der Waals surface area contributed by atoms with E-state index >= 15 is 0 Å². The maximum Gasteiger partial charge on any atom is 0.369 e. The lowest BCUT2D eigenvalue weighted by molar-refractivity contribution is -0.724. The Balaban J connectivity index is 2.43. The van der Waals surface area contributed by atoms with Crippen LogP contribution in [0, 0.1) is 5.21 Å². The van der Waals surface area contributed by atoms with Gasteiger partial charge in [-0.2, -0.15) is 0 Å². The molecule has 2 N–H and O–H groups in total. The summed E-state index contributed by atoms with van der Waals surface area (Å²) in [6.45, 7) is 8.98. The van der Waals surface area contributed by atoms with Crippen LogP contribution < -0.4 is 5.32 Å². The second-order valence-electron chi connectivity index (χ2n) is 5.86. The molecule has 2 amide bonds. The predicted molar refractivity (Wildman–Crippen MR) is 82.0 cm³/mol. The number of piperazine rings is 1. The Hall–Kier alpha value is -2.25. The van der Waals surface area contributed by atoms with Gasteiger partial charge in [0.15, 0.2) is 0 Å². The van der Waals surface area contributed by atoms with E-state index in [2.05, 4.69) is 21.9 Å². The Kier molecular flexibility index (Phi) is 4.04. The van der Waals surface area contributed by atoms with E-state index < -0.39 is 16.5 Å². The fraction of sp³-hybridized carbons (Fsp3) is 0.400. The molecule has 1 fully saturated rings. The number of hydrogen-bond donors (Lipinski definition) is 2. The lowest BCUT2D eigenvalue weighted by Gasteiger charge is -2.39. The number of aromatic nitrogens is 2. The highest BCUT2D eigenvalue weighted by atomic mass is 16.6. The normalized spacial score (nSPS) is 24.2. The summed E-state index contributed by atoms with van der Waals surface area (Å²) >= 11 is 0. The van der Waals surface area contributed by atoms with Crippen LogP contribution in [-0.2, 0) is 15.0 Å². The van der Waals surface area contributed by atoms with Crippen molar-refractivity contribution in [2.24, 2.45) is 0 Å². The van der Waals surface area contributed by atoms with Crippen molar-refractivity contribution in [3.63, 3.8) is 0 Å². The van der Waals surface area contributed by atoms with E-state index in [0.29, 0.717) is 5.69 Å². The minimum Gasteiger partial charge on any atom is -0.617 e. The van der Waals surface area contributed by atoms with Crippen molar-refractivity contribution in [2.45, 2.75) is 26.2 Å². The molecule has 1 atom stereocenters. The lowest BCUT2D eigenvalue weighted by atomic mass is 9.88. The molecular formula is C15H20N4O3. The molecule has 1 aliphatic heterocycles. The molecular weight excluding hydrogens is 284 g/mol. The number of allylic oxidation sites excluding steroid dienone is 1. The number of imidazole rings is 1. The van der Waals surface area contributed by atoms with E-state index in [1.165, 1.54) is 12.4 Å². The maximum absolute atomic E-state index is 12.3. The van der Waals surface area contributed by atoms with Crippen LogP contribution in [0.2, 0.25) is 0 Å². The van der Waals surface area contributed by atoms with Crippen molar-refractivity contribution in [1.29, 1.82) is 0 Å². The molecule has 118 valence electrons. The van der Waals surface area contributed by atoms with Gasteiger partial charge in [-0.3, -0.25) is 0 Å². The molecule has 0 saturated carbocycles. The van der Waals surface area contributed by atoms with Gasteiger partial charge in [0.1, 0.15) is 12.2 Å². The number of rotatable bonds is 3. The Bertz CT molecular complexity index is 659. The minimum atomic E-state index is -1.47. The van der Waals surface area contributed by atoms with Gasteiger partial charge in [0.25, 0.3) is 0 Å². The van der Waals surface area contributed by atoms with E-state index in [-0.39, 0.29) is 24.2 Å². The van der Waals surface area contributed by atoms with Crippen LogP contribution >= 0.6 is 0 Å². The number of quaternary nitrogens is 1. The van der Waals surface area contributed by atoms with Crippen molar-refractivity contribution in [3.8, 4) is 0 Å². The highest BCUT2D eigenvalue weighted by molar-refractivity contribution is 5.98. The number of hydrogen-bond acceptors (Lipinski definition) is 5. The molecule has 22 heavy (non-hydrogen) atoms. The second kappa shape index (κ2) is 5.51. The van der Waals surface area contributed by atoms with Gasteiger partial charge in [-0.05, 0) is 6.08 Å². The smallest absolute Gasteiger partial charge is 0.369 e. The molecule has 0 spiro atoms. The maximum atomic E-state index is 12.3. The zero-order chi connectivity index (χ0) is 16.5. The van der Waals surface area contributed by atoms with E-state index in [1.807, 2.05) is 13.8 Å². The lowest BCUT2D eigenvalue weighted by Crippen LogP contribution is -2.59. The summed E-state index contributed by atoms with van der Waals surface area (Å²) in [4.78, 5) is 31.0. The Morgan fingerprint density at radius 1 is 1.55 bits per heavy atom.